The molecule has 1 N–H and O–H groups in total. The SMILES string of the molecule is CCOc1ccc(CCCNC(=O)[C@@H](C)N(c2ccc(OCC)cc2)S(C)(=O)=O)cc1. The highest BCUT2D eigenvalue weighted by molar-refractivity contribution is 7.92. The first-order valence-electron chi connectivity index (χ1n) is 10.5. The van der Waals surface area contributed by atoms with Gasteiger partial charge in [-0.3, -0.25) is 9.10 Å². The molecule has 0 aliphatic carbocycles. The molecule has 1 amide bonds. The summed E-state index contributed by atoms with van der Waals surface area (Å²) >= 11 is 0. The van der Waals surface area contributed by atoms with E-state index in [4.69, 9.17) is 9.47 Å². The second kappa shape index (κ2) is 11.6. The molecule has 0 heterocycles. The molecule has 8 heteroatoms. The number of sulfonamides is 1. The molecule has 0 bridgehead atoms. The minimum Gasteiger partial charge on any atom is -0.494 e. The van der Waals surface area contributed by atoms with Gasteiger partial charge in [0.25, 0.3) is 0 Å². The van der Waals surface area contributed by atoms with Crippen molar-refractivity contribution in [1.29, 1.82) is 0 Å². The Morgan fingerprint density at radius 3 is 1.97 bits per heavy atom. The number of benzene rings is 2. The molecule has 31 heavy (non-hydrogen) atoms. The lowest BCUT2D eigenvalue weighted by Gasteiger charge is -2.28. The van der Waals surface area contributed by atoms with E-state index in [0.717, 1.165) is 34.7 Å². The van der Waals surface area contributed by atoms with Gasteiger partial charge >= 0.3 is 0 Å². The van der Waals surface area contributed by atoms with Crippen molar-refractivity contribution in [1.82, 2.24) is 5.32 Å². The zero-order valence-corrected chi connectivity index (χ0v) is 19.4. The summed E-state index contributed by atoms with van der Waals surface area (Å²) in [4.78, 5) is 12.6. The topological polar surface area (TPSA) is 84.9 Å². The van der Waals surface area contributed by atoms with Crippen molar-refractivity contribution in [2.45, 2.75) is 39.7 Å². The van der Waals surface area contributed by atoms with E-state index in [0.29, 0.717) is 31.2 Å². The number of carbonyl (C=O) groups excluding carboxylic acids is 1. The zero-order chi connectivity index (χ0) is 22.9. The van der Waals surface area contributed by atoms with Gasteiger partial charge in [-0.05, 0) is 75.6 Å². The highest BCUT2D eigenvalue weighted by Crippen LogP contribution is 2.24. The van der Waals surface area contributed by atoms with Crippen LogP contribution in [0, 0.1) is 0 Å². The number of hydrogen-bond donors (Lipinski definition) is 1. The summed E-state index contributed by atoms with van der Waals surface area (Å²) in [5.74, 6) is 1.14. The summed E-state index contributed by atoms with van der Waals surface area (Å²) in [5, 5.41) is 2.84. The van der Waals surface area contributed by atoms with Crippen LogP contribution in [0.5, 0.6) is 11.5 Å². The maximum Gasteiger partial charge on any atom is 0.243 e. The minimum absolute atomic E-state index is 0.342. The van der Waals surface area contributed by atoms with Gasteiger partial charge in [0.15, 0.2) is 0 Å². The van der Waals surface area contributed by atoms with Crippen LogP contribution in [-0.2, 0) is 21.2 Å². The largest absolute Gasteiger partial charge is 0.494 e. The van der Waals surface area contributed by atoms with Gasteiger partial charge < -0.3 is 14.8 Å². The fraction of sp³-hybridized carbons (Fsp3) is 0.435. The first-order valence-corrected chi connectivity index (χ1v) is 12.3. The van der Waals surface area contributed by atoms with E-state index in [1.807, 2.05) is 38.1 Å². The van der Waals surface area contributed by atoms with Crippen molar-refractivity contribution in [3.63, 3.8) is 0 Å². The van der Waals surface area contributed by atoms with Crippen molar-refractivity contribution in [3.8, 4) is 11.5 Å². The summed E-state index contributed by atoms with van der Waals surface area (Å²) in [7, 11) is -3.65. The van der Waals surface area contributed by atoms with Crippen LogP contribution >= 0.6 is 0 Å². The Hall–Kier alpha value is -2.74. The molecule has 2 aromatic rings. The van der Waals surface area contributed by atoms with Gasteiger partial charge in [-0.15, -0.1) is 0 Å². The third-order valence-corrected chi connectivity index (χ3v) is 5.91. The Kier molecular flexibility index (Phi) is 9.18. The van der Waals surface area contributed by atoms with Crippen molar-refractivity contribution < 1.29 is 22.7 Å². The van der Waals surface area contributed by atoms with Crippen LogP contribution in [0.2, 0.25) is 0 Å². The molecule has 0 spiro atoms. The number of anilines is 1. The molecule has 2 aromatic carbocycles. The molecule has 0 saturated carbocycles. The molecule has 0 fully saturated rings. The van der Waals surface area contributed by atoms with E-state index in [2.05, 4.69) is 5.32 Å². The zero-order valence-electron chi connectivity index (χ0n) is 18.6. The Morgan fingerprint density at radius 1 is 0.968 bits per heavy atom. The Labute approximate surface area is 185 Å². The lowest BCUT2D eigenvalue weighted by molar-refractivity contribution is -0.121. The van der Waals surface area contributed by atoms with Gasteiger partial charge in [0.2, 0.25) is 15.9 Å². The van der Waals surface area contributed by atoms with Gasteiger partial charge in [-0.1, -0.05) is 12.1 Å². The van der Waals surface area contributed by atoms with Gasteiger partial charge in [-0.2, -0.15) is 0 Å². The van der Waals surface area contributed by atoms with E-state index < -0.39 is 16.1 Å². The number of hydrogen-bond acceptors (Lipinski definition) is 5. The first-order chi connectivity index (χ1) is 14.8. The predicted octanol–water partition coefficient (Wildman–Crippen LogP) is 3.39. The molecule has 0 saturated heterocycles. The monoisotopic (exact) mass is 448 g/mol. The average molecular weight is 449 g/mol. The highest BCUT2D eigenvalue weighted by atomic mass is 32.2. The second-order valence-electron chi connectivity index (χ2n) is 7.13. The van der Waals surface area contributed by atoms with Gasteiger partial charge in [0.1, 0.15) is 17.5 Å². The number of carbonyl (C=O) groups is 1. The predicted molar refractivity (Wildman–Crippen MR) is 123 cm³/mol. The van der Waals surface area contributed by atoms with E-state index in [1.165, 1.54) is 0 Å². The molecule has 0 aliphatic rings. The van der Waals surface area contributed by atoms with Crippen molar-refractivity contribution in [3.05, 3.63) is 54.1 Å². The normalized spacial score (nSPS) is 12.1. The van der Waals surface area contributed by atoms with Gasteiger partial charge in [0.05, 0.1) is 25.2 Å². The third-order valence-electron chi connectivity index (χ3n) is 4.67. The Morgan fingerprint density at radius 2 is 1.48 bits per heavy atom. The lowest BCUT2D eigenvalue weighted by Crippen LogP contribution is -2.48. The number of amides is 1. The van der Waals surface area contributed by atoms with Crippen molar-refractivity contribution >= 4 is 21.6 Å². The quantitative estimate of drug-likeness (QED) is 0.503. The number of nitrogens with zero attached hydrogens (tertiary/aromatic N) is 1. The molecule has 0 unspecified atom stereocenters. The smallest absolute Gasteiger partial charge is 0.243 e. The summed E-state index contributed by atoms with van der Waals surface area (Å²) < 4.78 is 36.7. The molecular weight excluding hydrogens is 416 g/mol. The molecule has 7 nitrogen and oxygen atoms in total. The molecule has 170 valence electrons. The molecule has 2 rings (SSSR count). The summed E-state index contributed by atoms with van der Waals surface area (Å²) in [5.41, 5.74) is 1.57. The maximum atomic E-state index is 12.6. The molecule has 0 aromatic heterocycles. The van der Waals surface area contributed by atoms with Crippen LogP contribution in [0.3, 0.4) is 0 Å². The van der Waals surface area contributed by atoms with E-state index in [-0.39, 0.29) is 5.91 Å². The Bertz CT molecular complexity index is 927. The van der Waals surface area contributed by atoms with Gasteiger partial charge in [0, 0.05) is 6.54 Å². The first kappa shape index (κ1) is 24.5. The number of ether oxygens (including phenoxy) is 2. The van der Waals surface area contributed by atoms with Crippen LogP contribution in [0.15, 0.2) is 48.5 Å². The highest BCUT2D eigenvalue weighted by Gasteiger charge is 2.28. The van der Waals surface area contributed by atoms with Crippen LogP contribution in [-0.4, -0.2) is 46.4 Å². The summed E-state index contributed by atoms with van der Waals surface area (Å²) in [6.07, 6.45) is 2.64. The molecule has 0 radical (unpaired) electrons. The maximum absolute atomic E-state index is 12.6. The third kappa shape index (κ3) is 7.47. The number of rotatable bonds is 12. The summed E-state index contributed by atoms with van der Waals surface area (Å²) in [6.45, 7) is 7.00. The second-order valence-corrected chi connectivity index (χ2v) is 8.99. The van der Waals surface area contributed by atoms with Crippen LogP contribution < -0.4 is 19.1 Å². The van der Waals surface area contributed by atoms with Crippen LogP contribution in [0.1, 0.15) is 32.8 Å². The number of nitrogens with one attached hydrogen (secondary N) is 1. The van der Waals surface area contributed by atoms with Crippen molar-refractivity contribution in [2.75, 3.05) is 30.3 Å². The van der Waals surface area contributed by atoms with E-state index in [9.17, 15) is 13.2 Å². The molecule has 0 aliphatic heterocycles. The van der Waals surface area contributed by atoms with E-state index >= 15 is 0 Å². The lowest BCUT2D eigenvalue weighted by atomic mass is 10.1. The summed E-state index contributed by atoms with van der Waals surface area (Å²) in [6, 6.07) is 13.7. The van der Waals surface area contributed by atoms with E-state index in [1.54, 1.807) is 31.2 Å². The Balaban J connectivity index is 1.93. The number of aryl methyl sites for hydroxylation is 1. The molecule has 1 atom stereocenters. The standard InChI is InChI=1S/C23H32N2O5S/c1-5-29-21-13-9-19(10-14-21)8-7-17-24-23(26)18(3)25(31(4,27)28)20-11-15-22(16-12-20)30-6-2/h9-16,18H,5-8,17H2,1-4H3,(H,24,26)/t18-/m1/s1. The fourth-order valence-electron chi connectivity index (χ4n) is 3.24. The average Bonchev–Trinajstić information content (AvgIpc) is 2.73. The van der Waals surface area contributed by atoms with Crippen LogP contribution in [0.4, 0.5) is 5.69 Å². The van der Waals surface area contributed by atoms with Gasteiger partial charge in [-0.25, -0.2) is 8.42 Å². The minimum atomic E-state index is -3.65. The molecular formula is C23H32N2O5S. The fourth-order valence-corrected chi connectivity index (χ4v) is 4.41. The van der Waals surface area contributed by atoms with Crippen LogP contribution in [0.25, 0.3) is 0 Å². The van der Waals surface area contributed by atoms with Crippen molar-refractivity contribution in [2.24, 2.45) is 0 Å².